The lowest BCUT2D eigenvalue weighted by Gasteiger charge is -2.41. The molecule has 1 atom stereocenters. The summed E-state index contributed by atoms with van der Waals surface area (Å²) in [7, 11) is 1.81. The van der Waals surface area contributed by atoms with Gasteiger partial charge in [0.05, 0.1) is 0 Å². The summed E-state index contributed by atoms with van der Waals surface area (Å²) in [5, 5.41) is 10.9. The Morgan fingerprint density at radius 2 is 1.81 bits per heavy atom. The molecule has 0 bridgehead atoms. The lowest BCUT2D eigenvalue weighted by Crippen LogP contribution is -2.58. The first kappa shape index (κ1) is 22.4. The highest BCUT2D eigenvalue weighted by Gasteiger charge is 2.34. The Balaban J connectivity index is 1.30. The molecule has 7 nitrogen and oxygen atoms in total. The Labute approximate surface area is 190 Å². The van der Waals surface area contributed by atoms with Crippen molar-refractivity contribution in [3.05, 3.63) is 59.7 Å². The molecular weight excluding hydrogens is 404 g/mol. The van der Waals surface area contributed by atoms with Crippen molar-refractivity contribution >= 4 is 5.96 Å². The van der Waals surface area contributed by atoms with Crippen LogP contribution in [0.2, 0.25) is 0 Å². The molecule has 2 aliphatic heterocycles. The number of nitrogens with zero attached hydrogens (tertiary/aromatic N) is 1. The van der Waals surface area contributed by atoms with Gasteiger partial charge in [0.15, 0.2) is 17.5 Å². The van der Waals surface area contributed by atoms with Gasteiger partial charge in [-0.1, -0.05) is 36.4 Å². The lowest BCUT2D eigenvalue weighted by molar-refractivity contribution is 0.0355. The molecule has 0 amide bonds. The van der Waals surface area contributed by atoms with Crippen LogP contribution in [-0.4, -0.2) is 51.6 Å². The molecule has 2 aromatic carbocycles. The summed E-state index contributed by atoms with van der Waals surface area (Å²) in [6, 6.07) is 17.0. The highest BCUT2D eigenvalue weighted by atomic mass is 16.7. The number of hydrogen-bond acceptors (Lipinski definition) is 5. The van der Waals surface area contributed by atoms with Crippen molar-refractivity contribution < 1.29 is 14.2 Å². The monoisotopic (exact) mass is 438 g/mol. The van der Waals surface area contributed by atoms with Gasteiger partial charge in [0.2, 0.25) is 6.79 Å². The van der Waals surface area contributed by atoms with Gasteiger partial charge in [0, 0.05) is 44.9 Å². The third kappa shape index (κ3) is 5.72. The zero-order chi connectivity index (χ0) is 22.2. The molecule has 0 aliphatic carbocycles. The van der Waals surface area contributed by atoms with E-state index in [0.717, 1.165) is 63.0 Å². The maximum atomic E-state index is 5.66. The van der Waals surface area contributed by atoms with Gasteiger partial charge in [-0.25, -0.2) is 0 Å². The summed E-state index contributed by atoms with van der Waals surface area (Å²) >= 11 is 0. The first-order valence-electron chi connectivity index (χ1n) is 11.4. The van der Waals surface area contributed by atoms with Crippen LogP contribution in [0.25, 0.3) is 0 Å². The van der Waals surface area contributed by atoms with E-state index in [9.17, 15) is 0 Å². The molecule has 0 radical (unpaired) electrons. The molecule has 0 saturated carbocycles. The summed E-state index contributed by atoms with van der Waals surface area (Å²) in [5.41, 5.74) is 2.46. The van der Waals surface area contributed by atoms with E-state index in [2.05, 4.69) is 64.3 Å². The van der Waals surface area contributed by atoms with Crippen LogP contribution < -0.4 is 25.4 Å². The van der Waals surface area contributed by atoms with Crippen molar-refractivity contribution in [1.82, 2.24) is 16.0 Å². The van der Waals surface area contributed by atoms with Gasteiger partial charge in [-0.3, -0.25) is 4.99 Å². The minimum atomic E-state index is -0.0392. The van der Waals surface area contributed by atoms with E-state index in [1.807, 2.05) is 19.2 Å². The van der Waals surface area contributed by atoms with Crippen molar-refractivity contribution in [1.29, 1.82) is 0 Å². The van der Waals surface area contributed by atoms with Gasteiger partial charge in [-0.15, -0.1) is 0 Å². The van der Waals surface area contributed by atoms with Crippen LogP contribution in [-0.2, 0) is 11.2 Å². The SMILES string of the molecule is CN=C(NCCc1ccc2c(c1)OCO2)NCC1(NC(C)c2ccccc2)CCOCC1. The molecule has 4 rings (SSSR count). The number of aliphatic imine (C=N–C) groups is 1. The summed E-state index contributed by atoms with van der Waals surface area (Å²) < 4.78 is 16.5. The number of nitrogens with one attached hydrogen (secondary N) is 3. The van der Waals surface area contributed by atoms with Crippen LogP contribution in [0.5, 0.6) is 11.5 Å². The molecule has 2 heterocycles. The van der Waals surface area contributed by atoms with Crippen LogP contribution in [0.4, 0.5) is 0 Å². The Bertz CT molecular complexity index is 897. The summed E-state index contributed by atoms with van der Waals surface area (Å²) in [4.78, 5) is 4.42. The highest BCUT2D eigenvalue weighted by molar-refractivity contribution is 5.79. The van der Waals surface area contributed by atoms with Gasteiger partial charge < -0.3 is 30.2 Å². The molecule has 1 fully saturated rings. The topological polar surface area (TPSA) is 76.1 Å². The van der Waals surface area contributed by atoms with Gasteiger partial charge in [0.25, 0.3) is 0 Å². The van der Waals surface area contributed by atoms with Crippen molar-refractivity contribution in [2.75, 3.05) is 40.1 Å². The van der Waals surface area contributed by atoms with Gasteiger partial charge in [-0.05, 0) is 49.4 Å². The molecule has 0 spiro atoms. The minimum Gasteiger partial charge on any atom is -0.454 e. The fourth-order valence-corrected chi connectivity index (χ4v) is 4.31. The number of ether oxygens (including phenoxy) is 3. The Morgan fingerprint density at radius 3 is 2.59 bits per heavy atom. The molecule has 2 aromatic rings. The average Bonchev–Trinajstić information content (AvgIpc) is 3.30. The average molecular weight is 439 g/mol. The van der Waals surface area contributed by atoms with Crippen molar-refractivity contribution in [2.24, 2.45) is 4.99 Å². The van der Waals surface area contributed by atoms with E-state index < -0.39 is 0 Å². The van der Waals surface area contributed by atoms with Gasteiger partial charge in [0.1, 0.15) is 0 Å². The number of guanidine groups is 1. The second kappa shape index (κ2) is 10.7. The van der Waals surface area contributed by atoms with E-state index in [1.54, 1.807) is 0 Å². The standard InChI is InChI=1S/C25H34N4O3/c1-19(21-6-4-3-5-7-21)29-25(11-14-30-15-12-25)17-28-24(26-2)27-13-10-20-8-9-22-23(16-20)32-18-31-22/h3-9,16,19,29H,10-15,17-18H2,1-2H3,(H2,26,27,28). The van der Waals surface area contributed by atoms with Crippen molar-refractivity contribution in [2.45, 2.75) is 37.8 Å². The molecular formula is C25H34N4O3. The predicted octanol–water partition coefficient (Wildman–Crippen LogP) is 3.02. The maximum absolute atomic E-state index is 5.66. The zero-order valence-electron chi connectivity index (χ0n) is 19.0. The maximum Gasteiger partial charge on any atom is 0.231 e. The van der Waals surface area contributed by atoms with E-state index in [1.165, 1.54) is 11.1 Å². The van der Waals surface area contributed by atoms with E-state index >= 15 is 0 Å². The Morgan fingerprint density at radius 1 is 1.03 bits per heavy atom. The highest BCUT2D eigenvalue weighted by Crippen LogP contribution is 2.32. The Kier molecular flexibility index (Phi) is 7.50. The quantitative estimate of drug-likeness (QED) is 0.435. The third-order valence-electron chi connectivity index (χ3n) is 6.23. The number of hydrogen-bond donors (Lipinski definition) is 3. The van der Waals surface area contributed by atoms with E-state index in [4.69, 9.17) is 14.2 Å². The second-order valence-corrected chi connectivity index (χ2v) is 8.46. The van der Waals surface area contributed by atoms with Gasteiger partial charge in [-0.2, -0.15) is 0 Å². The second-order valence-electron chi connectivity index (χ2n) is 8.46. The molecule has 7 heteroatoms. The molecule has 32 heavy (non-hydrogen) atoms. The summed E-state index contributed by atoms with van der Waals surface area (Å²) in [6.45, 7) is 5.64. The lowest BCUT2D eigenvalue weighted by atomic mass is 9.88. The third-order valence-corrected chi connectivity index (χ3v) is 6.23. The largest absolute Gasteiger partial charge is 0.454 e. The normalized spacial score (nSPS) is 18.2. The van der Waals surface area contributed by atoms with Gasteiger partial charge >= 0.3 is 0 Å². The van der Waals surface area contributed by atoms with Crippen LogP contribution in [0.15, 0.2) is 53.5 Å². The van der Waals surface area contributed by atoms with Crippen LogP contribution in [0.1, 0.15) is 36.9 Å². The van der Waals surface area contributed by atoms with Crippen molar-refractivity contribution in [3.8, 4) is 11.5 Å². The van der Waals surface area contributed by atoms with E-state index in [0.29, 0.717) is 6.79 Å². The van der Waals surface area contributed by atoms with Crippen molar-refractivity contribution in [3.63, 3.8) is 0 Å². The van der Waals surface area contributed by atoms with Crippen LogP contribution in [0, 0.1) is 0 Å². The molecule has 172 valence electrons. The zero-order valence-corrected chi connectivity index (χ0v) is 19.0. The predicted molar refractivity (Wildman–Crippen MR) is 126 cm³/mol. The molecule has 1 saturated heterocycles. The molecule has 2 aliphatic rings. The number of fused-ring (bicyclic) bond motifs is 1. The number of benzene rings is 2. The first-order valence-corrected chi connectivity index (χ1v) is 11.4. The molecule has 1 unspecified atom stereocenters. The fraction of sp³-hybridized carbons (Fsp3) is 0.480. The van der Waals surface area contributed by atoms with Crippen LogP contribution in [0.3, 0.4) is 0 Å². The molecule has 3 N–H and O–H groups in total. The summed E-state index contributed by atoms with van der Waals surface area (Å²) in [5.74, 6) is 2.45. The fourth-order valence-electron chi connectivity index (χ4n) is 4.31. The smallest absolute Gasteiger partial charge is 0.231 e. The first-order chi connectivity index (χ1) is 15.7. The molecule has 0 aromatic heterocycles. The van der Waals surface area contributed by atoms with E-state index in [-0.39, 0.29) is 11.6 Å². The number of rotatable bonds is 8. The Hall–Kier alpha value is -2.77. The van der Waals surface area contributed by atoms with Crippen LogP contribution >= 0.6 is 0 Å². The minimum absolute atomic E-state index is 0.0392. The summed E-state index contributed by atoms with van der Waals surface area (Å²) in [6.07, 6.45) is 2.80.